The van der Waals surface area contributed by atoms with Gasteiger partial charge in [0.25, 0.3) is 0 Å². The molecule has 1 aliphatic heterocycles. The second-order valence-corrected chi connectivity index (χ2v) is 6.68. The van der Waals surface area contributed by atoms with Crippen molar-refractivity contribution in [1.82, 2.24) is 0 Å². The van der Waals surface area contributed by atoms with E-state index in [-0.39, 0.29) is 24.4 Å². The van der Waals surface area contributed by atoms with Crippen LogP contribution in [0.3, 0.4) is 0 Å². The van der Waals surface area contributed by atoms with Crippen LogP contribution in [-0.2, 0) is 23.7 Å². The van der Waals surface area contributed by atoms with Crippen molar-refractivity contribution in [2.24, 2.45) is 10.7 Å². The molecule has 0 spiro atoms. The maximum atomic E-state index is 12.1. The Morgan fingerprint density at radius 3 is 2.50 bits per heavy atom. The highest BCUT2D eigenvalue weighted by Gasteiger charge is 2.30. The summed E-state index contributed by atoms with van der Waals surface area (Å²) < 4.78 is 21.7. The molecular weight excluding hydrogens is 312 g/mol. The number of aliphatic imine (C=N–C) groups is 1. The fourth-order valence-corrected chi connectivity index (χ4v) is 1.97. The Morgan fingerprint density at radius 2 is 1.96 bits per heavy atom. The minimum Gasteiger partial charge on any atom is -0.462 e. The van der Waals surface area contributed by atoms with Crippen LogP contribution < -0.4 is 5.73 Å². The summed E-state index contributed by atoms with van der Waals surface area (Å²) in [6.07, 6.45) is 2.04. The Labute approximate surface area is 144 Å². The second-order valence-electron chi connectivity index (χ2n) is 6.68. The molecule has 1 saturated heterocycles. The second kappa shape index (κ2) is 9.15. The lowest BCUT2D eigenvalue weighted by atomic mass is 10.2. The molecule has 1 fully saturated rings. The molecule has 0 aliphatic carbocycles. The van der Waals surface area contributed by atoms with Gasteiger partial charge in [-0.3, -0.25) is 4.99 Å². The number of carbonyl (C=O) groups excluding carboxylic acids is 1. The molecule has 0 amide bonds. The van der Waals surface area contributed by atoms with Gasteiger partial charge < -0.3 is 24.7 Å². The molecule has 0 aromatic carbocycles. The molecule has 0 unspecified atom stereocenters. The first-order valence-electron chi connectivity index (χ1n) is 8.24. The zero-order valence-corrected chi connectivity index (χ0v) is 15.4. The zero-order chi connectivity index (χ0) is 18.2. The van der Waals surface area contributed by atoms with E-state index < -0.39 is 11.8 Å². The van der Waals surface area contributed by atoms with Gasteiger partial charge in [0, 0.05) is 19.2 Å². The van der Waals surface area contributed by atoms with E-state index in [4.69, 9.17) is 24.7 Å². The van der Waals surface area contributed by atoms with Crippen LogP contribution in [0.5, 0.6) is 0 Å². The highest BCUT2D eigenvalue weighted by Crippen LogP contribution is 2.22. The first-order valence-corrected chi connectivity index (χ1v) is 8.24. The first kappa shape index (κ1) is 20.6. The van der Waals surface area contributed by atoms with Gasteiger partial charge in [0.05, 0.1) is 43.3 Å². The number of carbonyl (C=O) groups is 1. The number of nitrogens with zero attached hydrogens (tertiary/aromatic N) is 1. The van der Waals surface area contributed by atoms with E-state index in [0.29, 0.717) is 31.9 Å². The van der Waals surface area contributed by atoms with Gasteiger partial charge in [0.2, 0.25) is 0 Å². The number of hydrogen-bond donors (Lipinski definition) is 1. The van der Waals surface area contributed by atoms with Gasteiger partial charge in [0.15, 0.2) is 5.79 Å². The largest absolute Gasteiger partial charge is 0.462 e. The molecule has 2 N–H and O–H groups in total. The summed E-state index contributed by atoms with van der Waals surface area (Å²) in [6, 6.07) is 0. The lowest BCUT2D eigenvalue weighted by molar-refractivity contribution is -0.144. The van der Waals surface area contributed by atoms with Crippen LogP contribution in [0.1, 0.15) is 41.0 Å². The lowest BCUT2D eigenvalue weighted by Crippen LogP contribution is -2.26. The van der Waals surface area contributed by atoms with Crippen LogP contribution >= 0.6 is 0 Å². The van der Waals surface area contributed by atoms with Crippen LogP contribution in [0, 0.1) is 0 Å². The third kappa shape index (κ3) is 7.42. The quantitative estimate of drug-likeness (QED) is 0.411. The maximum Gasteiger partial charge on any atom is 0.341 e. The average Bonchev–Trinajstić information content (AvgIpc) is 2.91. The van der Waals surface area contributed by atoms with Crippen molar-refractivity contribution in [3.8, 4) is 0 Å². The van der Waals surface area contributed by atoms with E-state index >= 15 is 0 Å². The Morgan fingerprint density at radius 1 is 1.33 bits per heavy atom. The summed E-state index contributed by atoms with van der Waals surface area (Å²) in [5.74, 6) is -1.11. The van der Waals surface area contributed by atoms with Crippen molar-refractivity contribution >= 4 is 12.2 Å². The maximum absolute atomic E-state index is 12.1. The SMILES string of the molecule is CCOC(=O)C(C=NCCC1(C)OCCO1)=C(N)COC(C)(C)C. The van der Waals surface area contributed by atoms with Crippen molar-refractivity contribution in [3.05, 3.63) is 11.3 Å². The van der Waals surface area contributed by atoms with Crippen LogP contribution in [0.2, 0.25) is 0 Å². The molecule has 0 aromatic heterocycles. The zero-order valence-electron chi connectivity index (χ0n) is 15.4. The molecule has 0 bridgehead atoms. The molecule has 0 radical (unpaired) electrons. The standard InChI is InChI=1S/C17H30N2O5/c1-6-21-15(20)13(14(18)12-24-16(2,3)4)11-19-8-7-17(5)22-9-10-23-17/h11H,6-10,12,18H2,1-5H3. The minimum atomic E-state index is -0.605. The van der Waals surface area contributed by atoms with Gasteiger partial charge in [-0.15, -0.1) is 0 Å². The highest BCUT2D eigenvalue weighted by atomic mass is 16.7. The van der Waals surface area contributed by atoms with Crippen molar-refractivity contribution in [1.29, 1.82) is 0 Å². The van der Waals surface area contributed by atoms with Gasteiger partial charge in [-0.1, -0.05) is 0 Å². The molecule has 0 atom stereocenters. The first-order chi connectivity index (χ1) is 11.2. The van der Waals surface area contributed by atoms with E-state index in [1.54, 1.807) is 6.92 Å². The van der Waals surface area contributed by atoms with Gasteiger partial charge >= 0.3 is 5.97 Å². The summed E-state index contributed by atoms with van der Waals surface area (Å²) in [6.45, 7) is 11.4. The van der Waals surface area contributed by atoms with Crippen LogP contribution in [-0.4, -0.2) is 56.5 Å². The van der Waals surface area contributed by atoms with E-state index in [1.807, 2.05) is 27.7 Å². The summed E-state index contributed by atoms with van der Waals surface area (Å²) in [7, 11) is 0. The lowest BCUT2D eigenvalue weighted by Gasteiger charge is -2.21. The summed E-state index contributed by atoms with van der Waals surface area (Å²) >= 11 is 0. The molecule has 0 aromatic rings. The van der Waals surface area contributed by atoms with Crippen molar-refractivity contribution in [2.45, 2.75) is 52.4 Å². The Kier molecular flexibility index (Phi) is 7.86. The van der Waals surface area contributed by atoms with Gasteiger partial charge in [-0.25, -0.2) is 4.79 Å². The predicted octanol–water partition coefficient (Wildman–Crippen LogP) is 1.80. The van der Waals surface area contributed by atoms with E-state index in [9.17, 15) is 4.79 Å². The van der Waals surface area contributed by atoms with Crippen molar-refractivity contribution < 1.29 is 23.7 Å². The molecule has 1 heterocycles. The summed E-state index contributed by atoms with van der Waals surface area (Å²) in [5, 5.41) is 0. The molecule has 7 nitrogen and oxygen atoms in total. The smallest absolute Gasteiger partial charge is 0.341 e. The summed E-state index contributed by atoms with van der Waals surface area (Å²) in [4.78, 5) is 16.3. The highest BCUT2D eigenvalue weighted by molar-refractivity contribution is 6.10. The fourth-order valence-electron chi connectivity index (χ4n) is 1.97. The number of hydrogen-bond acceptors (Lipinski definition) is 7. The molecule has 24 heavy (non-hydrogen) atoms. The Hall–Kier alpha value is -1.44. The number of ether oxygens (including phenoxy) is 4. The van der Waals surface area contributed by atoms with Crippen molar-refractivity contribution in [2.75, 3.05) is 33.0 Å². The molecule has 1 aliphatic rings. The van der Waals surface area contributed by atoms with Crippen LogP contribution in [0.4, 0.5) is 0 Å². The molecule has 138 valence electrons. The number of nitrogens with two attached hydrogens (primary N) is 1. The third-order valence-electron chi connectivity index (χ3n) is 3.32. The van der Waals surface area contributed by atoms with Gasteiger partial charge in [-0.05, 0) is 34.6 Å². The van der Waals surface area contributed by atoms with Crippen LogP contribution in [0.25, 0.3) is 0 Å². The van der Waals surface area contributed by atoms with Crippen LogP contribution in [0.15, 0.2) is 16.3 Å². The molecule has 1 rings (SSSR count). The van der Waals surface area contributed by atoms with E-state index in [2.05, 4.69) is 4.99 Å². The molecule has 0 saturated carbocycles. The third-order valence-corrected chi connectivity index (χ3v) is 3.32. The predicted molar refractivity (Wildman–Crippen MR) is 91.8 cm³/mol. The summed E-state index contributed by atoms with van der Waals surface area (Å²) in [5.41, 5.74) is 6.17. The van der Waals surface area contributed by atoms with Gasteiger partial charge in [-0.2, -0.15) is 0 Å². The van der Waals surface area contributed by atoms with Gasteiger partial charge in [0.1, 0.15) is 0 Å². The number of esters is 1. The normalized spacial score (nSPS) is 18.7. The Bertz CT molecular complexity index is 474. The molecular formula is C17H30N2O5. The van der Waals surface area contributed by atoms with Crippen molar-refractivity contribution in [3.63, 3.8) is 0 Å². The topological polar surface area (TPSA) is 92.4 Å². The number of rotatable bonds is 8. The Balaban J connectivity index is 2.70. The fraction of sp³-hybridized carbons (Fsp3) is 0.765. The average molecular weight is 342 g/mol. The monoisotopic (exact) mass is 342 g/mol. The van der Waals surface area contributed by atoms with E-state index in [0.717, 1.165) is 0 Å². The van der Waals surface area contributed by atoms with E-state index in [1.165, 1.54) is 6.21 Å². The molecule has 7 heteroatoms. The minimum absolute atomic E-state index is 0.133.